The molecular formula is C19H16ClNO3S. The van der Waals surface area contributed by atoms with E-state index in [0.29, 0.717) is 15.6 Å². The van der Waals surface area contributed by atoms with Crippen LogP contribution in [0.15, 0.2) is 48.5 Å². The molecule has 1 unspecified atom stereocenters. The van der Waals surface area contributed by atoms with Crippen LogP contribution in [0.3, 0.4) is 0 Å². The number of halogens is 1. The lowest BCUT2D eigenvalue weighted by Gasteiger charge is -2.13. The van der Waals surface area contributed by atoms with E-state index < -0.39 is 18.0 Å². The van der Waals surface area contributed by atoms with Crippen molar-refractivity contribution in [3.8, 4) is 0 Å². The van der Waals surface area contributed by atoms with Crippen LogP contribution in [0.25, 0.3) is 10.1 Å². The molecule has 0 aliphatic rings. The summed E-state index contributed by atoms with van der Waals surface area (Å²) in [5.74, 6) is -0.993. The molecule has 0 radical (unpaired) electrons. The molecule has 0 saturated heterocycles. The lowest BCUT2D eigenvalue weighted by Crippen LogP contribution is -2.29. The van der Waals surface area contributed by atoms with Crippen molar-refractivity contribution in [2.45, 2.75) is 20.0 Å². The van der Waals surface area contributed by atoms with Crippen LogP contribution >= 0.6 is 22.9 Å². The highest BCUT2D eigenvalue weighted by Crippen LogP contribution is 2.35. The summed E-state index contributed by atoms with van der Waals surface area (Å²) in [7, 11) is 0. The largest absolute Gasteiger partial charge is 0.448 e. The Labute approximate surface area is 154 Å². The Kier molecular flexibility index (Phi) is 5.06. The van der Waals surface area contributed by atoms with Gasteiger partial charge in [-0.3, -0.25) is 4.79 Å². The van der Waals surface area contributed by atoms with Gasteiger partial charge in [-0.15, -0.1) is 11.3 Å². The molecule has 1 heterocycles. The summed E-state index contributed by atoms with van der Waals surface area (Å²) in [4.78, 5) is 24.9. The quantitative estimate of drug-likeness (QED) is 0.651. The highest BCUT2D eigenvalue weighted by atomic mass is 35.5. The van der Waals surface area contributed by atoms with Crippen molar-refractivity contribution >= 4 is 50.6 Å². The number of carbonyl (C=O) groups excluding carboxylic acids is 2. The van der Waals surface area contributed by atoms with Gasteiger partial charge < -0.3 is 10.1 Å². The van der Waals surface area contributed by atoms with Crippen LogP contribution in [0.1, 0.15) is 22.2 Å². The number of esters is 1. The standard InChI is InChI=1S/C19H16ClNO3S/c1-11-7-9-13(10-8-11)21-18(22)12(2)24-19(23)17-16(20)14-5-3-4-6-15(14)25-17/h3-10,12H,1-2H3,(H,21,22). The maximum absolute atomic E-state index is 12.4. The first-order valence-corrected chi connectivity index (χ1v) is 8.90. The van der Waals surface area contributed by atoms with Gasteiger partial charge in [0.1, 0.15) is 4.88 Å². The summed E-state index contributed by atoms with van der Waals surface area (Å²) in [6.45, 7) is 3.49. The molecule has 25 heavy (non-hydrogen) atoms. The number of hydrogen-bond acceptors (Lipinski definition) is 4. The summed E-state index contributed by atoms with van der Waals surface area (Å²) in [5.41, 5.74) is 1.75. The summed E-state index contributed by atoms with van der Waals surface area (Å²) in [6, 6.07) is 14.8. The van der Waals surface area contributed by atoms with Gasteiger partial charge in [0.05, 0.1) is 5.02 Å². The van der Waals surface area contributed by atoms with Crippen LogP contribution in [-0.4, -0.2) is 18.0 Å². The molecule has 1 atom stereocenters. The van der Waals surface area contributed by atoms with E-state index in [1.807, 2.05) is 43.3 Å². The first kappa shape index (κ1) is 17.5. The van der Waals surface area contributed by atoms with Crippen molar-refractivity contribution in [1.29, 1.82) is 0 Å². The fourth-order valence-corrected chi connectivity index (χ4v) is 3.68. The number of anilines is 1. The molecule has 128 valence electrons. The number of hydrogen-bond donors (Lipinski definition) is 1. The number of amides is 1. The summed E-state index contributed by atoms with van der Waals surface area (Å²) < 4.78 is 6.18. The van der Waals surface area contributed by atoms with Gasteiger partial charge >= 0.3 is 5.97 Å². The molecule has 4 nitrogen and oxygen atoms in total. The van der Waals surface area contributed by atoms with E-state index in [-0.39, 0.29) is 0 Å². The molecule has 1 N–H and O–H groups in total. The number of ether oxygens (including phenoxy) is 1. The number of fused-ring (bicyclic) bond motifs is 1. The van der Waals surface area contributed by atoms with Crippen LogP contribution in [0.5, 0.6) is 0 Å². The molecule has 2 aromatic carbocycles. The molecule has 0 fully saturated rings. The second kappa shape index (κ2) is 7.25. The van der Waals surface area contributed by atoms with Crippen molar-refractivity contribution in [3.63, 3.8) is 0 Å². The highest BCUT2D eigenvalue weighted by molar-refractivity contribution is 7.21. The van der Waals surface area contributed by atoms with Crippen LogP contribution in [0.4, 0.5) is 5.69 Å². The average Bonchev–Trinajstić information content (AvgIpc) is 2.94. The number of carbonyl (C=O) groups is 2. The normalized spacial score (nSPS) is 12.0. The third-order valence-electron chi connectivity index (χ3n) is 3.69. The number of rotatable bonds is 4. The first-order valence-electron chi connectivity index (χ1n) is 7.71. The zero-order valence-electron chi connectivity index (χ0n) is 13.7. The van der Waals surface area contributed by atoms with Crippen molar-refractivity contribution in [1.82, 2.24) is 0 Å². The minimum Gasteiger partial charge on any atom is -0.448 e. The van der Waals surface area contributed by atoms with Gasteiger partial charge in [-0.25, -0.2) is 4.79 Å². The zero-order valence-corrected chi connectivity index (χ0v) is 15.3. The second-order valence-corrected chi connectivity index (χ2v) is 7.07. The van der Waals surface area contributed by atoms with Crippen molar-refractivity contribution in [3.05, 3.63) is 64.0 Å². The Balaban J connectivity index is 1.69. The van der Waals surface area contributed by atoms with Gasteiger partial charge in [0.2, 0.25) is 0 Å². The third-order valence-corrected chi connectivity index (χ3v) is 5.35. The maximum atomic E-state index is 12.4. The highest BCUT2D eigenvalue weighted by Gasteiger charge is 2.23. The van der Waals surface area contributed by atoms with Crippen LogP contribution < -0.4 is 5.32 Å². The Hall–Kier alpha value is -2.37. The van der Waals surface area contributed by atoms with Gasteiger partial charge in [0.15, 0.2) is 6.10 Å². The minimum absolute atomic E-state index is 0.304. The van der Waals surface area contributed by atoms with Crippen LogP contribution in [0.2, 0.25) is 5.02 Å². The number of benzene rings is 2. The SMILES string of the molecule is Cc1ccc(NC(=O)C(C)OC(=O)c2sc3ccccc3c2Cl)cc1. The zero-order chi connectivity index (χ0) is 18.0. The van der Waals surface area contributed by atoms with E-state index in [0.717, 1.165) is 15.6 Å². The van der Waals surface area contributed by atoms with E-state index in [2.05, 4.69) is 5.32 Å². The molecule has 1 aromatic heterocycles. The van der Waals surface area contributed by atoms with E-state index in [4.69, 9.17) is 16.3 Å². The van der Waals surface area contributed by atoms with Crippen LogP contribution in [0, 0.1) is 6.92 Å². The molecule has 3 aromatic rings. The molecule has 6 heteroatoms. The fraction of sp³-hybridized carbons (Fsp3) is 0.158. The topological polar surface area (TPSA) is 55.4 Å². The second-order valence-electron chi connectivity index (χ2n) is 5.64. The van der Waals surface area contributed by atoms with Crippen molar-refractivity contribution in [2.75, 3.05) is 5.32 Å². The lowest BCUT2D eigenvalue weighted by molar-refractivity contribution is -0.123. The lowest BCUT2D eigenvalue weighted by atomic mass is 10.2. The number of nitrogens with one attached hydrogen (secondary N) is 1. The van der Waals surface area contributed by atoms with Gasteiger partial charge in [-0.05, 0) is 32.0 Å². The fourth-order valence-electron chi connectivity index (χ4n) is 2.29. The van der Waals surface area contributed by atoms with Gasteiger partial charge in [-0.1, -0.05) is 47.5 Å². The Morgan fingerprint density at radius 3 is 2.48 bits per heavy atom. The Bertz CT molecular complexity index is 933. The molecule has 3 rings (SSSR count). The number of thiophene rings is 1. The Morgan fingerprint density at radius 1 is 1.12 bits per heavy atom. The van der Waals surface area contributed by atoms with E-state index in [1.54, 1.807) is 12.1 Å². The van der Waals surface area contributed by atoms with Crippen molar-refractivity contribution in [2.24, 2.45) is 0 Å². The van der Waals surface area contributed by atoms with E-state index in [9.17, 15) is 9.59 Å². The first-order chi connectivity index (χ1) is 12.0. The molecule has 0 aliphatic heterocycles. The van der Waals surface area contributed by atoms with Crippen molar-refractivity contribution < 1.29 is 14.3 Å². The van der Waals surface area contributed by atoms with E-state index in [1.165, 1.54) is 18.3 Å². The smallest absolute Gasteiger partial charge is 0.350 e. The molecule has 1 amide bonds. The summed E-state index contributed by atoms with van der Waals surface area (Å²) >= 11 is 7.52. The average molecular weight is 374 g/mol. The molecular weight excluding hydrogens is 358 g/mol. The van der Waals surface area contributed by atoms with Gasteiger partial charge in [-0.2, -0.15) is 0 Å². The number of aryl methyl sites for hydroxylation is 1. The summed E-state index contributed by atoms with van der Waals surface area (Å²) in [5, 5.41) is 3.88. The predicted molar refractivity (Wildman–Crippen MR) is 102 cm³/mol. The van der Waals surface area contributed by atoms with Gasteiger partial charge in [0, 0.05) is 15.8 Å². The predicted octanol–water partition coefficient (Wildman–Crippen LogP) is 5.05. The third kappa shape index (κ3) is 3.83. The minimum atomic E-state index is -0.935. The molecule has 0 bridgehead atoms. The van der Waals surface area contributed by atoms with Gasteiger partial charge in [0.25, 0.3) is 5.91 Å². The van der Waals surface area contributed by atoms with Crippen LogP contribution in [-0.2, 0) is 9.53 Å². The van der Waals surface area contributed by atoms with E-state index >= 15 is 0 Å². The molecule has 0 saturated carbocycles. The summed E-state index contributed by atoms with van der Waals surface area (Å²) in [6.07, 6.45) is -0.935. The maximum Gasteiger partial charge on any atom is 0.350 e. The monoisotopic (exact) mass is 373 g/mol. The molecule has 0 aliphatic carbocycles. The Morgan fingerprint density at radius 2 is 1.80 bits per heavy atom. The molecule has 0 spiro atoms.